The summed E-state index contributed by atoms with van der Waals surface area (Å²) in [6.07, 6.45) is -0.639. The summed E-state index contributed by atoms with van der Waals surface area (Å²) in [6, 6.07) is 3.21. The molecule has 0 amide bonds. The molecule has 11 heteroatoms. The van der Waals surface area contributed by atoms with Crippen LogP contribution in [-0.2, 0) is 18.8 Å². The Kier molecular flexibility index (Phi) is 4.07. The Hall–Kier alpha value is -1.73. The first-order valence-corrected chi connectivity index (χ1v) is 13.0. The maximum Gasteiger partial charge on any atom is 0.454 e. The van der Waals surface area contributed by atoms with Crippen molar-refractivity contribution in [2.45, 2.75) is 99.8 Å². The molecule has 200 valence electrons. The average Bonchev–Trinajstić information content (AvgIpc) is 3.43. The molecule has 10 nitrogen and oxygen atoms in total. The third-order valence-electron chi connectivity index (χ3n) is 11.6. The highest BCUT2D eigenvalue weighted by molar-refractivity contribution is 6.43. The monoisotopic (exact) mass is 515 g/mol. The van der Waals surface area contributed by atoms with E-state index in [9.17, 15) is 25.2 Å². The number of carbonyl (C=O) groups excluding carboxylic acids is 1. The number of nitrogens with one attached hydrogen (secondary N) is 1. The van der Waals surface area contributed by atoms with Crippen LogP contribution in [0.4, 0.5) is 0 Å². The van der Waals surface area contributed by atoms with Crippen LogP contribution < -0.4 is 0 Å². The second-order valence-corrected chi connectivity index (χ2v) is 12.7. The topological polar surface area (TPSA) is 151 Å². The van der Waals surface area contributed by atoms with Crippen LogP contribution in [0.2, 0.25) is 6.82 Å². The van der Waals surface area contributed by atoms with Gasteiger partial charge in [0, 0.05) is 18.0 Å². The molecule has 3 spiro atoms. The first-order chi connectivity index (χ1) is 17.1. The first-order valence-electron chi connectivity index (χ1n) is 13.0. The van der Waals surface area contributed by atoms with Gasteiger partial charge >= 0.3 is 13.1 Å². The van der Waals surface area contributed by atoms with Crippen molar-refractivity contribution < 1.29 is 44.0 Å². The van der Waals surface area contributed by atoms with Gasteiger partial charge in [-0.15, -0.1) is 0 Å². The number of aromatic amines is 1. The van der Waals surface area contributed by atoms with E-state index in [0.29, 0.717) is 18.4 Å². The minimum atomic E-state index is -2.25. The molecule has 5 N–H and O–H groups in total. The molecule has 3 aliphatic heterocycles. The van der Waals surface area contributed by atoms with Gasteiger partial charge in [-0.1, -0.05) is 27.4 Å². The number of ether oxygens (including phenoxy) is 2. The average molecular weight is 515 g/mol. The van der Waals surface area contributed by atoms with Gasteiger partial charge in [0.25, 0.3) is 0 Å². The van der Waals surface area contributed by atoms with Gasteiger partial charge in [0.2, 0.25) is 0 Å². The van der Waals surface area contributed by atoms with Gasteiger partial charge in [-0.05, 0) is 50.2 Å². The Bertz CT molecular complexity index is 1260. The van der Waals surface area contributed by atoms with E-state index in [4.69, 9.17) is 18.8 Å². The van der Waals surface area contributed by atoms with Crippen LogP contribution in [0.3, 0.4) is 0 Å². The van der Waals surface area contributed by atoms with E-state index < -0.39 is 75.8 Å². The van der Waals surface area contributed by atoms with Gasteiger partial charge in [0.15, 0.2) is 17.5 Å². The highest BCUT2D eigenvalue weighted by atomic mass is 16.7. The van der Waals surface area contributed by atoms with E-state index in [-0.39, 0.29) is 12.1 Å². The Balaban J connectivity index is 1.60. The number of H-pyrrole nitrogens is 1. The molecule has 1 aromatic rings. The summed E-state index contributed by atoms with van der Waals surface area (Å²) < 4.78 is 25.9. The van der Waals surface area contributed by atoms with Gasteiger partial charge in [-0.2, -0.15) is 0 Å². The molecule has 4 heterocycles. The fourth-order valence-corrected chi connectivity index (χ4v) is 10.3. The fraction of sp³-hybridized carbons (Fsp3) is 0.731. The van der Waals surface area contributed by atoms with Crippen molar-refractivity contribution in [3.05, 3.63) is 36.2 Å². The van der Waals surface area contributed by atoms with Crippen molar-refractivity contribution in [2.24, 2.45) is 16.7 Å². The molecule has 4 aliphatic carbocycles. The van der Waals surface area contributed by atoms with E-state index in [1.54, 1.807) is 45.9 Å². The summed E-state index contributed by atoms with van der Waals surface area (Å²) in [5.41, 5.74) is -11.9. The van der Waals surface area contributed by atoms with Crippen LogP contribution in [0.15, 0.2) is 30.5 Å². The lowest BCUT2D eigenvalue weighted by atomic mass is 9.51. The first kappa shape index (κ1) is 24.3. The molecule has 37 heavy (non-hydrogen) atoms. The second kappa shape index (κ2) is 6.19. The molecule has 10 unspecified atom stereocenters. The summed E-state index contributed by atoms with van der Waals surface area (Å²) in [5.74, 6) is -3.49. The largest absolute Gasteiger partial charge is 0.454 e. The minimum Gasteiger partial charge on any atom is -0.451 e. The molecule has 4 saturated carbocycles. The number of aromatic nitrogens is 1. The number of aliphatic hydroxyl groups is 4. The highest BCUT2D eigenvalue weighted by Crippen LogP contribution is 2.92. The van der Waals surface area contributed by atoms with E-state index in [2.05, 4.69) is 11.6 Å². The molecule has 0 radical (unpaired) electrons. The van der Waals surface area contributed by atoms with Gasteiger partial charge in [0.1, 0.15) is 28.6 Å². The summed E-state index contributed by atoms with van der Waals surface area (Å²) in [5, 5.41) is 50.3. The van der Waals surface area contributed by atoms with Gasteiger partial charge in [0.05, 0.1) is 11.0 Å². The zero-order valence-corrected chi connectivity index (χ0v) is 21.7. The molecule has 8 rings (SSSR count). The maximum absolute atomic E-state index is 13.5. The summed E-state index contributed by atoms with van der Waals surface area (Å²) in [7, 11) is -0.904. The normalized spacial score (nSPS) is 56.8. The number of carbonyl (C=O) groups is 1. The van der Waals surface area contributed by atoms with Crippen LogP contribution in [0.5, 0.6) is 0 Å². The lowest BCUT2D eigenvalue weighted by molar-refractivity contribution is -0.387. The molecule has 7 aliphatic rings. The van der Waals surface area contributed by atoms with E-state index in [1.807, 2.05) is 6.92 Å². The number of esters is 1. The standard InChI is InChI=1S/C26H34BNO9/c1-13(2)23(32)18(34-17(30)15-8-7-11-28-15)25-19(4)12-22(31)20(23,5)26(25,33)24(35-22)16(29)14(3)9-10-21(19,24)36-27(6)37-25/h7-8,11,13,16,18,28-29,31-33H,3,9-10,12H2,1-2,4-6H3. The maximum atomic E-state index is 13.5. The lowest BCUT2D eigenvalue weighted by Crippen LogP contribution is -2.78. The lowest BCUT2D eigenvalue weighted by Gasteiger charge is -2.65. The quantitative estimate of drug-likeness (QED) is 0.225. The van der Waals surface area contributed by atoms with Gasteiger partial charge in [-0.3, -0.25) is 0 Å². The number of hydrogen-bond donors (Lipinski definition) is 5. The summed E-state index contributed by atoms with van der Waals surface area (Å²) in [6.45, 7) is 12.6. The van der Waals surface area contributed by atoms with Gasteiger partial charge in [-0.25, -0.2) is 4.79 Å². The molecular formula is C26H34BNO9. The Morgan fingerprint density at radius 3 is 2.57 bits per heavy atom. The molecule has 7 bridgehead atoms. The van der Waals surface area contributed by atoms with Crippen molar-refractivity contribution >= 4 is 13.1 Å². The molecule has 7 fully saturated rings. The van der Waals surface area contributed by atoms with Crippen LogP contribution in [0, 0.1) is 16.7 Å². The van der Waals surface area contributed by atoms with E-state index in [0.717, 1.165) is 0 Å². The van der Waals surface area contributed by atoms with Crippen molar-refractivity contribution in [1.82, 2.24) is 4.98 Å². The van der Waals surface area contributed by atoms with Gasteiger partial charge < -0.3 is 44.2 Å². The third-order valence-corrected chi connectivity index (χ3v) is 11.6. The Morgan fingerprint density at radius 1 is 1.24 bits per heavy atom. The summed E-state index contributed by atoms with van der Waals surface area (Å²) >= 11 is 0. The van der Waals surface area contributed by atoms with Crippen molar-refractivity contribution in [3.63, 3.8) is 0 Å². The number of hydrogen-bond acceptors (Lipinski definition) is 9. The zero-order valence-electron chi connectivity index (χ0n) is 21.7. The Labute approximate surface area is 215 Å². The minimum absolute atomic E-state index is 0.0714. The van der Waals surface area contributed by atoms with Crippen LogP contribution in [-0.4, -0.2) is 84.5 Å². The predicted molar refractivity (Wildman–Crippen MR) is 128 cm³/mol. The number of rotatable bonds is 3. The summed E-state index contributed by atoms with van der Waals surface area (Å²) in [4.78, 5) is 16.3. The predicted octanol–water partition coefficient (Wildman–Crippen LogP) is 0.913. The fourth-order valence-electron chi connectivity index (χ4n) is 10.3. The third kappa shape index (κ3) is 1.79. The van der Waals surface area contributed by atoms with Crippen molar-refractivity contribution in [2.75, 3.05) is 0 Å². The molecule has 0 aromatic carbocycles. The van der Waals surface area contributed by atoms with E-state index in [1.165, 1.54) is 0 Å². The van der Waals surface area contributed by atoms with Crippen LogP contribution in [0.1, 0.15) is 57.4 Å². The van der Waals surface area contributed by atoms with Crippen LogP contribution >= 0.6 is 0 Å². The molecule has 1 aromatic heterocycles. The van der Waals surface area contributed by atoms with Crippen molar-refractivity contribution in [3.8, 4) is 0 Å². The highest BCUT2D eigenvalue weighted by Gasteiger charge is 3.11. The molecule has 3 saturated heterocycles. The van der Waals surface area contributed by atoms with Crippen molar-refractivity contribution in [1.29, 1.82) is 0 Å². The molecular weight excluding hydrogens is 481 g/mol. The SMILES string of the molecule is C=C1CCC23OB(C)OC45C(OC(=O)c6ccc[nH]6)C(O)(C(C)C)C6(C)C(O)(CC24C)OC3(C1O)C56O. The molecule has 10 atom stereocenters. The number of aliphatic hydroxyl groups excluding tert-OH is 1. The second-order valence-electron chi connectivity index (χ2n) is 12.7. The zero-order chi connectivity index (χ0) is 26.8. The van der Waals surface area contributed by atoms with E-state index >= 15 is 0 Å². The Morgan fingerprint density at radius 2 is 1.95 bits per heavy atom. The smallest absolute Gasteiger partial charge is 0.451 e. The van der Waals surface area contributed by atoms with Crippen LogP contribution in [0.25, 0.3) is 0 Å².